The number of rotatable bonds is 3. The summed E-state index contributed by atoms with van der Waals surface area (Å²) in [5.41, 5.74) is 0.756. The molecule has 0 aliphatic heterocycles. The number of aldehydes is 1. The average Bonchev–Trinajstić information content (AvgIpc) is 2.73. The highest BCUT2D eigenvalue weighted by Gasteiger charge is 2.06. The molecule has 0 fully saturated rings. The molecule has 2 rings (SSSR count). The molecule has 1 aromatic carbocycles. The Balaban J connectivity index is 2.27. The molecule has 108 valence electrons. The Kier molecular flexibility index (Phi) is 4.14. The van der Waals surface area contributed by atoms with Gasteiger partial charge in [0.25, 0.3) is 0 Å². The molecule has 0 bridgehead atoms. The molecule has 0 amide bonds. The topological polar surface area (TPSA) is 73.5 Å². The van der Waals surface area contributed by atoms with E-state index in [1.54, 1.807) is 25.2 Å². The first-order valence-corrected chi connectivity index (χ1v) is 6.14. The van der Waals surface area contributed by atoms with Gasteiger partial charge in [0.05, 0.1) is 25.4 Å². The lowest BCUT2D eigenvalue weighted by atomic mass is 10.1. The number of aromatic nitrogens is 2. The SMILES string of the molecule is COc1cc(C=O)ccc1C#CCn1c(O)cn(C)c1=O. The predicted molar refractivity (Wildman–Crippen MR) is 76.6 cm³/mol. The minimum atomic E-state index is -0.343. The summed E-state index contributed by atoms with van der Waals surface area (Å²) < 4.78 is 7.59. The third-order valence-corrected chi connectivity index (χ3v) is 2.94. The highest BCUT2D eigenvalue weighted by Crippen LogP contribution is 2.18. The van der Waals surface area contributed by atoms with Crippen LogP contribution in [0.3, 0.4) is 0 Å². The number of imidazole rings is 1. The zero-order chi connectivity index (χ0) is 15.4. The Bertz CT molecular complexity index is 790. The van der Waals surface area contributed by atoms with Crippen LogP contribution in [-0.4, -0.2) is 27.6 Å². The molecule has 0 spiro atoms. The van der Waals surface area contributed by atoms with Crippen molar-refractivity contribution in [3.05, 3.63) is 46.0 Å². The van der Waals surface area contributed by atoms with Gasteiger partial charge in [-0.15, -0.1) is 0 Å². The molecule has 0 saturated carbocycles. The van der Waals surface area contributed by atoms with Gasteiger partial charge in [-0.05, 0) is 12.1 Å². The number of hydrogen-bond acceptors (Lipinski definition) is 4. The van der Waals surface area contributed by atoms with Crippen molar-refractivity contribution in [1.29, 1.82) is 0 Å². The number of aryl methyl sites for hydroxylation is 1. The standard InChI is InChI=1S/C15H14N2O4/c1-16-9-14(19)17(15(16)20)7-3-4-12-6-5-11(10-18)8-13(12)21-2/h5-6,8-10,19H,7H2,1-2H3. The number of nitrogens with zero attached hydrogens (tertiary/aromatic N) is 2. The molecule has 2 aromatic rings. The van der Waals surface area contributed by atoms with Crippen molar-refractivity contribution in [3.63, 3.8) is 0 Å². The molecule has 0 unspecified atom stereocenters. The van der Waals surface area contributed by atoms with Crippen molar-refractivity contribution in [2.45, 2.75) is 6.54 Å². The number of ether oxygens (including phenoxy) is 1. The minimum Gasteiger partial charge on any atom is -0.495 e. The number of carbonyl (C=O) groups excluding carboxylic acids is 1. The van der Waals surface area contributed by atoms with Gasteiger partial charge in [-0.1, -0.05) is 17.9 Å². The Hall–Kier alpha value is -2.94. The molecule has 0 radical (unpaired) electrons. The van der Waals surface area contributed by atoms with Gasteiger partial charge in [-0.2, -0.15) is 0 Å². The molecule has 1 heterocycles. The first kappa shape index (κ1) is 14.5. The van der Waals surface area contributed by atoms with E-state index in [9.17, 15) is 14.7 Å². The van der Waals surface area contributed by atoms with Gasteiger partial charge < -0.3 is 9.84 Å². The van der Waals surface area contributed by atoms with Gasteiger partial charge in [0.1, 0.15) is 12.0 Å². The zero-order valence-corrected chi connectivity index (χ0v) is 11.7. The molecule has 6 heteroatoms. The van der Waals surface area contributed by atoms with Crippen LogP contribution in [0.5, 0.6) is 11.6 Å². The van der Waals surface area contributed by atoms with Crippen molar-refractivity contribution in [1.82, 2.24) is 9.13 Å². The molecule has 0 aliphatic rings. The van der Waals surface area contributed by atoms with E-state index in [0.29, 0.717) is 16.9 Å². The van der Waals surface area contributed by atoms with E-state index >= 15 is 0 Å². The van der Waals surface area contributed by atoms with E-state index in [1.165, 1.54) is 17.9 Å². The minimum absolute atomic E-state index is 0.0596. The summed E-state index contributed by atoms with van der Waals surface area (Å²) in [5.74, 6) is 6.00. The van der Waals surface area contributed by atoms with Crippen molar-refractivity contribution in [2.24, 2.45) is 7.05 Å². The summed E-state index contributed by atoms with van der Waals surface area (Å²) >= 11 is 0. The van der Waals surface area contributed by atoms with Crippen LogP contribution in [0, 0.1) is 11.8 Å². The van der Waals surface area contributed by atoms with Gasteiger partial charge in [0, 0.05) is 12.6 Å². The van der Waals surface area contributed by atoms with E-state index in [1.807, 2.05) is 0 Å². The first-order valence-electron chi connectivity index (χ1n) is 6.14. The van der Waals surface area contributed by atoms with E-state index in [4.69, 9.17) is 4.74 Å². The highest BCUT2D eigenvalue weighted by molar-refractivity contribution is 5.76. The molecular weight excluding hydrogens is 272 g/mol. The third-order valence-electron chi connectivity index (χ3n) is 2.94. The lowest BCUT2D eigenvalue weighted by molar-refractivity contribution is 0.112. The van der Waals surface area contributed by atoms with Crippen LogP contribution in [0.25, 0.3) is 0 Å². The van der Waals surface area contributed by atoms with Crippen molar-refractivity contribution in [2.75, 3.05) is 7.11 Å². The quantitative estimate of drug-likeness (QED) is 0.668. The Morgan fingerprint density at radius 2 is 2.19 bits per heavy atom. The monoisotopic (exact) mass is 286 g/mol. The number of benzene rings is 1. The Morgan fingerprint density at radius 1 is 1.43 bits per heavy atom. The van der Waals surface area contributed by atoms with E-state index < -0.39 is 0 Å². The lowest BCUT2D eigenvalue weighted by Crippen LogP contribution is -2.21. The van der Waals surface area contributed by atoms with Crippen LogP contribution >= 0.6 is 0 Å². The number of carbonyl (C=O) groups is 1. The Morgan fingerprint density at radius 3 is 2.76 bits per heavy atom. The summed E-state index contributed by atoms with van der Waals surface area (Å²) in [7, 11) is 3.04. The molecule has 0 atom stereocenters. The number of hydrogen-bond donors (Lipinski definition) is 1. The maximum absolute atomic E-state index is 11.7. The van der Waals surface area contributed by atoms with Crippen molar-refractivity contribution < 1.29 is 14.6 Å². The van der Waals surface area contributed by atoms with Crippen molar-refractivity contribution >= 4 is 6.29 Å². The molecule has 1 aromatic heterocycles. The van der Waals surface area contributed by atoms with Crippen LogP contribution < -0.4 is 10.4 Å². The maximum Gasteiger partial charge on any atom is 0.331 e. The maximum atomic E-state index is 11.7. The second kappa shape index (κ2) is 6.01. The second-order valence-corrected chi connectivity index (χ2v) is 4.35. The highest BCUT2D eigenvalue weighted by atomic mass is 16.5. The zero-order valence-electron chi connectivity index (χ0n) is 11.7. The molecular formula is C15H14N2O4. The van der Waals surface area contributed by atoms with Crippen LogP contribution in [0.15, 0.2) is 29.2 Å². The molecule has 6 nitrogen and oxygen atoms in total. The van der Waals surface area contributed by atoms with Crippen LogP contribution in [-0.2, 0) is 13.6 Å². The predicted octanol–water partition coefficient (Wildman–Crippen LogP) is 0.765. The fourth-order valence-electron chi connectivity index (χ4n) is 1.83. The summed E-state index contributed by atoms with van der Waals surface area (Å²) in [4.78, 5) is 22.4. The fourth-order valence-corrected chi connectivity index (χ4v) is 1.83. The summed E-state index contributed by atoms with van der Waals surface area (Å²) in [6.07, 6.45) is 2.05. The molecule has 1 N–H and O–H groups in total. The van der Waals surface area contributed by atoms with Gasteiger partial charge in [0.15, 0.2) is 0 Å². The molecule has 0 saturated heterocycles. The van der Waals surface area contributed by atoms with E-state index in [0.717, 1.165) is 10.9 Å². The first-order chi connectivity index (χ1) is 10.1. The lowest BCUT2D eigenvalue weighted by Gasteiger charge is -2.03. The smallest absolute Gasteiger partial charge is 0.331 e. The Labute approximate surface area is 121 Å². The molecule has 0 aliphatic carbocycles. The van der Waals surface area contributed by atoms with Crippen molar-refractivity contribution in [3.8, 4) is 23.5 Å². The third kappa shape index (κ3) is 2.98. The molecule has 21 heavy (non-hydrogen) atoms. The van der Waals surface area contributed by atoms with Crippen LogP contribution in [0.1, 0.15) is 15.9 Å². The summed E-state index contributed by atoms with van der Waals surface area (Å²) in [6, 6.07) is 4.89. The van der Waals surface area contributed by atoms with Crippen LogP contribution in [0.2, 0.25) is 0 Å². The van der Waals surface area contributed by atoms with Gasteiger partial charge in [0.2, 0.25) is 5.88 Å². The van der Waals surface area contributed by atoms with E-state index in [2.05, 4.69) is 11.8 Å². The van der Waals surface area contributed by atoms with Gasteiger partial charge in [-0.25, -0.2) is 4.79 Å². The fraction of sp³-hybridized carbons (Fsp3) is 0.200. The normalized spacial score (nSPS) is 9.81. The largest absolute Gasteiger partial charge is 0.495 e. The van der Waals surface area contributed by atoms with Gasteiger partial charge >= 0.3 is 5.69 Å². The van der Waals surface area contributed by atoms with Gasteiger partial charge in [-0.3, -0.25) is 13.9 Å². The van der Waals surface area contributed by atoms with Crippen LogP contribution in [0.4, 0.5) is 0 Å². The second-order valence-electron chi connectivity index (χ2n) is 4.35. The number of aromatic hydroxyl groups is 1. The number of methoxy groups -OCH3 is 1. The summed E-state index contributed by atoms with van der Waals surface area (Å²) in [6.45, 7) is 0.0596. The average molecular weight is 286 g/mol. The van der Waals surface area contributed by atoms with E-state index in [-0.39, 0.29) is 18.1 Å². The summed E-state index contributed by atoms with van der Waals surface area (Å²) in [5, 5.41) is 9.59.